The molecule has 1 fully saturated rings. The zero-order valence-corrected chi connectivity index (χ0v) is 13.6. The third kappa shape index (κ3) is 2.78. The fourth-order valence-electron chi connectivity index (χ4n) is 2.95. The molecule has 0 unspecified atom stereocenters. The normalized spacial score (nSPS) is 15.8. The summed E-state index contributed by atoms with van der Waals surface area (Å²) in [6, 6.07) is 15.5. The van der Waals surface area contributed by atoms with E-state index >= 15 is 0 Å². The van der Waals surface area contributed by atoms with Crippen LogP contribution < -0.4 is 4.74 Å². The maximum atomic E-state index is 12.4. The number of hydrogen-bond acceptors (Lipinski definition) is 3. The highest BCUT2D eigenvalue weighted by Gasteiger charge is 2.24. The van der Waals surface area contributed by atoms with Crippen LogP contribution in [-0.2, 0) is 0 Å². The molecule has 1 aliphatic rings. The Morgan fingerprint density at radius 2 is 1.75 bits per heavy atom. The quantitative estimate of drug-likeness (QED) is 0.507. The highest BCUT2D eigenvalue weighted by molar-refractivity contribution is 5.93. The molecule has 122 valence electrons. The van der Waals surface area contributed by atoms with Gasteiger partial charge in [-0.05, 0) is 31.3 Å². The van der Waals surface area contributed by atoms with Gasteiger partial charge in [-0.25, -0.2) is 9.21 Å². The lowest BCUT2D eigenvalue weighted by Crippen LogP contribution is -2.48. The molecule has 0 N–H and O–H groups in total. The van der Waals surface area contributed by atoms with E-state index in [4.69, 9.17) is 9.15 Å². The summed E-state index contributed by atoms with van der Waals surface area (Å²) in [5, 5.41) is 1.94. The number of likely N-dealkylation sites (N-methyl/N-ethyl adjacent to an activating group) is 1. The predicted molar refractivity (Wildman–Crippen MR) is 93.2 cm³/mol. The molecule has 3 aromatic rings. The number of hydrogen-bond donors (Lipinski definition) is 0. The van der Waals surface area contributed by atoms with Crippen molar-refractivity contribution in [1.82, 2.24) is 9.80 Å². The van der Waals surface area contributed by atoms with Crippen molar-refractivity contribution < 1.29 is 13.9 Å². The lowest BCUT2D eigenvalue weighted by atomic mass is 10.1. The number of piperazine rings is 1. The van der Waals surface area contributed by atoms with E-state index < -0.39 is 0 Å². The maximum absolute atomic E-state index is 12.4. The summed E-state index contributed by atoms with van der Waals surface area (Å²) in [7, 11) is 2.05. The van der Waals surface area contributed by atoms with Crippen molar-refractivity contribution in [3.8, 4) is 5.75 Å². The van der Waals surface area contributed by atoms with E-state index in [-0.39, 0.29) is 6.09 Å². The molecule has 4 rings (SSSR count). The molecule has 24 heavy (non-hydrogen) atoms. The highest BCUT2D eigenvalue weighted by atomic mass is 16.6. The van der Waals surface area contributed by atoms with E-state index in [2.05, 4.69) is 11.9 Å². The van der Waals surface area contributed by atoms with Gasteiger partial charge in [0.1, 0.15) is 0 Å². The number of para-hydroxylation sites is 2. The molecule has 5 heteroatoms. The van der Waals surface area contributed by atoms with Gasteiger partial charge in [-0.15, -0.1) is 0 Å². The van der Waals surface area contributed by atoms with Crippen molar-refractivity contribution in [1.29, 1.82) is 0 Å². The van der Waals surface area contributed by atoms with Crippen LogP contribution in [0.2, 0.25) is 0 Å². The number of rotatable bonds is 1. The van der Waals surface area contributed by atoms with Crippen LogP contribution in [0.1, 0.15) is 0 Å². The number of carbonyl (C=O) groups is 1. The Morgan fingerprint density at radius 3 is 2.58 bits per heavy atom. The van der Waals surface area contributed by atoms with E-state index in [0.29, 0.717) is 24.4 Å². The zero-order valence-electron chi connectivity index (χ0n) is 13.6. The standard InChI is InChI=1S/C19H19N2O3/c1-20-9-11-21(12-10-20)19(22)24-17-8-4-6-15-13-14-5-2-3-7-16(14)23-18(15)17/h2-8,13H,9-12H2,1H3/q+1. The summed E-state index contributed by atoms with van der Waals surface area (Å²) >= 11 is 0. The Hall–Kier alpha value is -2.66. The lowest BCUT2D eigenvalue weighted by Gasteiger charge is -2.31. The smallest absolute Gasteiger partial charge is 0.400 e. The van der Waals surface area contributed by atoms with Crippen molar-refractivity contribution in [2.24, 2.45) is 0 Å². The van der Waals surface area contributed by atoms with Crippen molar-refractivity contribution in [2.45, 2.75) is 0 Å². The van der Waals surface area contributed by atoms with Gasteiger partial charge in [0.25, 0.3) is 0 Å². The molecule has 0 bridgehead atoms. The molecule has 1 aliphatic heterocycles. The van der Waals surface area contributed by atoms with E-state index in [9.17, 15) is 4.79 Å². The lowest BCUT2D eigenvalue weighted by molar-refractivity contribution is 0.120. The molecular weight excluding hydrogens is 304 g/mol. The minimum absolute atomic E-state index is 0.320. The van der Waals surface area contributed by atoms with Crippen molar-refractivity contribution in [2.75, 3.05) is 33.2 Å². The van der Waals surface area contributed by atoms with E-state index in [1.54, 1.807) is 11.0 Å². The van der Waals surface area contributed by atoms with Crippen LogP contribution in [0.4, 0.5) is 4.79 Å². The first-order chi connectivity index (χ1) is 11.7. The number of amides is 1. The topological polar surface area (TPSA) is 44.1 Å². The van der Waals surface area contributed by atoms with Crippen LogP contribution >= 0.6 is 0 Å². The molecule has 0 spiro atoms. The van der Waals surface area contributed by atoms with Gasteiger partial charge in [0.2, 0.25) is 5.75 Å². The summed E-state index contributed by atoms with van der Waals surface area (Å²) < 4.78 is 11.6. The van der Waals surface area contributed by atoms with Crippen molar-refractivity contribution in [3.63, 3.8) is 0 Å². The second kappa shape index (κ2) is 6.09. The number of fused-ring (bicyclic) bond motifs is 2. The van der Waals surface area contributed by atoms with Crippen molar-refractivity contribution >= 4 is 28.0 Å². The molecule has 2 aromatic carbocycles. The molecular formula is C19H19N2O3+. The van der Waals surface area contributed by atoms with E-state index in [1.165, 1.54) is 0 Å². The predicted octanol–water partition coefficient (Wildman–Crippen LogP) is 3.61. The average molecular weight is 323 g/mol. The SMILES string of the molecule is CN1CCN(C(=O)Oc2cccc3cc4ccccc4[o+]c23)CC1. The first-order valence-electron chi connectivity index (χ1n) is 8.11. The summed E-state index contributed by atoms with van der Waals surface area (Å²) in [5.41, 5.74) is 1.37. The summed E-state index contributed by atoms with van der Waals surface area (Å²) in [4.78, 5) is 16.4. The molecule has 0 radical (unpaired) electrons. The summed E-state index contributed by atoms with van der Waals surface area (Å²) in [6.45, 7) is 3.08. The zero-order chi connectivity index (χ0) is 16.5. The molecule has 0 atom stereocenters. The van der Waals surface area contributed by atoms with Gasteiger partial charge < -0.3 is 14.5 Å². The first kappa shape index (κ1) is 14.9. The van der Waals surface area contributed by atoms with Crippen LogP contribution in [0.3, 0.4) is 0 Å². The van der Waals surface area contributed by atoms with E-state index in [0.717, 1.165) is 29.4 Å². The number of benzene rings is 2. The van der Waals surface area contributed by atoms with Crippen LogP contribution in [0, 0.1) is 0 Å². The molecule has 1 aromatic heterocycles. The molecule has 0 saturated carbocycles. The fourth-order valence-corrected chi connectivity index (χ4v) is 2.95. The Bertz CT molecular complexity index is 901. The Labute approximate surface area is 140 Å². The third-order valence-electron chi connectivity index (χ3n) is 4.41. The second-order valence-electron chi connectivity index (χ2n) is 6.12. The fraction of sp³-hybridized carbons (Fsp3) is 0.263. The molecule has 1 amide bonds. The van der Waals surface area contributed by atoms with Gasteiger partial charge >= 0.3 is 17.3 Å². The van der Waals surface area contributed by atoms with Gasteiger partial charge in [0.15, 0.2) is 0 Å². The number of ether oxygens (including phenoxy) is 1. The van der Waals surface area contributed by atoms with Crippen LogP contribution in [0.15, 0.2) is 52.9 Å². The number of nitrogens with zero attached hydrogens (tertiary/aromatic N) is 2. The largest absolute Gasteiger partial charge is 0.415 e. The molecule has 1 saturated heterocycles. The summed E-state index contributed by atoms with van der Waals surface area (Å²) in [5.74, 6) is 0.460. The Balaban J connectivity index is 1.66. The Morgan fingerprint density at radius 1 is 1.00 bits per heavy atom. The maximum Gasteiger partial charge on any atom is 0.415 e. The van der Waals surface area contributed by atoms with Crippen molar-refractivity contribution in [3.05, 3.63) is 48.5 Å². The average Bonchev–Trinajstić information content (AvgIpc) is 2.61. The molecule has 0 aliphatic carbocycles. The highest BCUT2D eigenvalue weighted by Crippen LogP contribution is 2.30. The van der Waals surface area contributed by atoms with Gasteiger partial charge in [-0.2, -0.15) is 0 Å². The van der Waals surface area contributed by atoms with Gasteiger partial charge in [-0.3, -0.25) is 0 Å². The second-order valence-corrected chi connectivity index (χ2v) is 6.12. The molecule has 5 nitrogen and oxygen atoms in total. The van der Waals surface area contributed by atoms with Crippen LogP contribution in [0.5, 0.6) is 5.75 Å². The number of carbonyl (C=O) groups excluding carboxylic acids is 1. The van der Waals surface area contributed by atoms with Gasteiger partial charge in [0, 0.05) is 32.2 Å². The Kier molecular flexibility index (Phi) is 3.78. The minimum Gasteiger partial charge on any atom is -0.400 e. The first-order valence-corrected chi connectivity index (χ1v) is 8.11. The third-order valence-corrected chi connectivity index (χ3v) is 4.41. The van der Waals surface area contributed by atoms with E-state index in [1.807, 2.05) is 42.5 Å². The summed E-state index contributed by atoms with van der Waals surface area (Å²) in [6.07, 6.45) is -0.320. The molecule has 2 heterocycles. The van der Waals surface area contributed by atoms with Gasteiger partial charge in [0.05, 0.1) is 10.8 Å². The van der Waals surface area contributed by atoms with Gasteiger partial charge in [-0.1, -0.05) is 18.2 Å². The monoisotopic (exact) mass is 323 g/mol. The van der Waals surface area contributed by atoms with Crippen LogP contribution in [-0.4, -0.2) is 49.1 Å². The minimum atomic E-state index is -0.320. The van der Waals surface area contributed by atoms with Crippen LogP contribution in [0.25, 0.3) is 21.9 Å².